The van der Waals surface area contributed by atoms with Gasteiger partial charge in [0.2, 0.25) is 0 Å². The van der Waals surface area contributed by atoms with Gasteiger partial charge >= 0.3 is 0 Å². The molecule has 2 rings (SSSR count). The Morgan fingerprint density at radius 2 is 2.00 bits per heavy atom. The van der Waals surface area contributed by atoms with E-state index in [4.69, 9.17) is 4.99 Å². The van der Waals surface area contributed by atoms with Crippen molar-refractivity contribution in [3.05, 3.63) is 12.2 Å². The number of hydrogen-bond donors (Lipinski definition) is 2. The summed E-state index contributed by atoms with van der Waals surface area (Å²) >= 11 is 0. The van der Waals surface area contributed by atoms with Crippen molar-refractivity contribution in [2.45, 2.75) is 78.3 Å². The number of rotatable bonds is 8. The number of aromatic nitrogens is 3. The highest BCUT2D eigenvalue weighted by molar-refractivity contribution is 14.0. The molecule has 0 aromatic carbocycles. The van der Waals surface area contributed by atoms with Gasteiger partial charge in [0.15, 0.2) is 5.96 Å². The molecule has 1 aliphatic carbocycles. The molecule has 144 valence electrons. The Hall–Kier alpha value is -0.860. The molecule has 0 radical (unpaired) electrons. The van der Waals surface area contributed by atoms with E-state index in [1.807, 2.05) is 0 Å². The molecule has 0 bridgehead atoms. The van der Waals surface area contributed by atoms with Gasteiger partial charge in [-0.2, -0.15) is 0 Å². The van der Waals surface area contributed by atoms with E-state index in [1.165, 1.54) is 38.5 Å². The van der Waals surface area contributed by atoms with Gasteiger partial charge in [-0.25, -0.2) is 0 Å². The second-order valence-corrected chi connectivity index (χ2v) is 6.71. The quantitative estimate of drug-likeness (QED) is 0.353. The summed E-state index contributed by atoms with van der Waals surface area (Å²) in [4.78, 5) is 4.73. The van der Waals surface area contributed by atoms with Crippen LogP contribution in [0.15, 0.2) is 11.3 Å². The lowest BCUT2D eigenvalue weighted by atomic mass is 9.83. The summed E-state index contributed by atoms with van der Waals surface area (Å²) in [6.45, 7) is 8.97. The van der Waals surface area contributed by atoms with Crippen molar-refractivity contribution < 1.29 is 0 Å². The fourth-order valence-corrected chi connectivity index (χ4v) is 3.53. The van der Waals surface area contributed by atoms with Crippen LogP contribution in [0.2, 0.25) is 0 Å². The Labute approximate surface area is 169 Å². The summed E-state index contributed by atoms with van der Waals surface area (Å²) in [6, 6.07) is 0.567. The Balaban J connectivity index is 0.00000312. The van der Waals surface area contributed by atoms with Crippen molar-refractivity contribution in [3.63, 3.8) is 0 Å². The van der Waals surface area contributed by atoms with E-state index in [0.29, 0.717) is 6.04 Å². The van der Waals surface area contributed by atoms with Gasteiger partial charge in [-0.1, -0.05) is 26.7 Å². The van der Waals surface area contributed by atoms with E-state index in [1.54, 1.807) is 6.33 Å². The average Bonchev–Trinajstić information content (AvgIpc) is 3.04. The zero-order valence-electron chi connectivity index (χ0n) is 16.0. The number of guanidine groups is 1. The van der Waals surface area contributed by atoms with Gasteiger partial charge in [0.05, 0.1) is 6.54 Å². The second-order valence-electron chi connectivity index (χ2n) is 6.71. The minimum atomic E-state index is 0. The number of hydrogen-bond acceptors (Lipinski definition) is 3. The van der Waals surface area contributed by atoms with Crippen molar-refractivity contribution in [2.24, 2.45) is 10.9 Å². The molecule has 0 spiro atoms. The standard InChI is InChI=1S/C18H34N6.HI/c1-4-7-15-8-10-16(11-9-15)22-18(19-6-3)20-12-13-24-14-21-23-17(24)5-2;/h14-16H,4-13H2,1-3H3,(H2,19,20,22);1H. The summed E-state index contributed by atoms with van der Waals surface area (Å²) in [7, 11) is 0. The molecule has 7 heteroatoms. The molecule has 0 aliphatic heterocycles. The number of aryl methyl sites for hydroxylation is 1. The van der Waals surface area contributed by atoms with E-state index >= 15 is 0 Å². The number of halogens is 1. The summed E-state index contributed by atoms with van der Waals surface area (Å²) in [5.41, 5.74) is 0. The SMILES string of the molecule is CCCC1CCC(NC(=NCCn2cnnc2CC)NCC)CC1.I. The third-order valence-corrected chi connectivity index (χ3v) is 4.85. The van der Waals surface area contributed by atoms with E-state index in [-0.39, 0.29) is 24.0 Å². The summed E-state index contributed by atoms with van der Waals surface area (Å²) in [6.07, 6.45) is 10.6. The average molecular weight is 462 g/mol. The fourth-order valence-electron chi connectivity index (χ4n) is 3.53. The van der Waals surface area contributed by atoms with Gasteiger partial charge in [-0.3, -0.25) is 4.99 Å². The monoisotopic (exact) mass is 462 g/mol. The van der Waals surface area contributed by atoms with E-state index in [0.717, 1.165) is 43.8 Å². The van der Waals surface area contributed by atoms with Crippen molar-refractivity contribution in [1.29, 1.82) is 0 Å². The predicted octanol–water partition coefficient (Wildman–Crippen LogP) is 3.37. The summed E-state index contributed by atoms with van der Waals surface area (Å²) in [5.74, 6) is 2.91. The maximum Gasteiger partial charge on any atom is 0.191 e. The van der Waals surface area contributed by atoms with Crippen LogP contribution in [0, 0.1) is 5.92 Å². The molecule has 1 fully saturated rings. The van der Waals surface area contributed by atoms with Crippen LogP contribution in [0.25, 0.3) is 0 Å². The molecule has 1 heterocycles. The lowest BCUT2D eigenvalue weighted by molar-refractivity contribution is 0.295. The second kappa shape index (κ2) is 12.5. The molecule has 0 atom stereocenters. The van der Waals surface area contributed by atoms with Gasteiger partial charge in [0.25, 0.3) is 0 Å². The fraction of sp³-hybridized carbons (Fsp3) is 0.833. The molecular formula is C18H35IN6. The normalized spacial score (nSPS) is 20.8. The Kier molecular flexibility index (Phi) is 11.1. The minimum Gasteiger partial charge on any atom is -0.357 e. The van der Waals surface area contributed by atoms with Crippen LogP contribution in [-0.4, -0.2) is 39.9 Å². The summed E-state index contributed by atoms with van der Waals surface area (Å²) in [5, 5.41) is 15.1. The van der Waals surface area contributed by atoms with Crippen molar-refractivity contribution in [3.8, 4) is 0 Å². The maximum absolute atomic E-state index is 4.73. The van der Waals surface area contributed by atoms with Crippen molar-refractivity contribution in [1.82, 2.24) is 25.4 Å². The molecule has 25 heavy (non-hydrogen) atoms. The van der Waals surface area contributed by atoms with Crippen molar-refractivity contribution in [2.75, 3.05) is 13.1 Å². The van der Waals surface area contributed by atoms with Crippen LogP contribution in [0.1, 0.15) is 65.1 Å². The number of aliphatic imine (C=N–C) groups is 1. The highest BCUT2D eigenvalue weighted by Gasteiger charge is 2.21. The maximum atomic E-state index is 4.73. The molecular weight excluding hydrogens is 427 g/mol. The Morgan fingerprint density at radius 3 is 2.64 bits per heavy atom. The molecule has 1 aromatic heterocycles. The largest absolute Gasteiger partial charge is 0.357 e. The predicted molar refractivity (Wildman–Crippen MR) is 115 cm³/mol. The van der Waals surface area contributed by atoms with E-state index < -0.39 is 0 Å². The lowest BCUT2D eigenvalue weighted by Gasteiger charge is -2.30. The van der Waals surface area contributed by atoms with Gasteiger partial charge in [0, 0.05) is 25.6 Å². The lowest BCUT2D eigenvalue weighted by Crippen LogP contribution is -2.45. The van der Waals surface area contributed by atoms with E-state index in [9.17, 15) is 0 Å². The van der Waals surface area contributed by atoms with Gasteiger partial charge in [-0.05, 0) is 38.5 Å². The third-order valence-electron chi connectivity index (χ3n) is 4.85. The van der Waals surface area contributed by atoms with Gasteiger partial charge in [0.1, 0.15) is 12.2 Å². The molecule has 1 aliphatic rings. The Morgan fingerprint density at radius 1 is 1.24 bits per heavy atom. The highest BCUT2D eigenvalue weighted by Crippen LogP contribution is 2.27. The number of nitrogens with zero attached hydrogens (tertiary/aromatic N) is 4. The first-order chi connectivity index (χ1) is 11.8. The molecule has 1 aromatic rings. The first-order valence-corrected chi connectivity index (χ1v) is 9.68. The molecule has 2 N–H and O–H groups in total. The zero-order chi connectivity index (χ0) is 17.2. The Bertz CT molecular complexity index is 494. The van der Waals surface area contributed by atoms with Gasteiger partial charge < -0.3 is 15.2 Å². The smallest absolute Gasteiger partial charge is 0.191 e. The van der Waals surface area contributed by atoms with Crippen LogP contribution in [0.5, 0.6) is 0 Å². The van der Waals surface area contributed by atoms with Gasteiger partial charge in [-0.15, -0.1) is 34.2 Å². The number of nitrogens with one attached hydrogen (secondary N) is 2. The van der Waals surface area contributed by atoms with Crippen LogP contribution in [0.3, 0.4) is 0 Å². The first-order valence-electron chi connectivity index (χ1n) is 9.68. The third kappa shape index (κ3) is 7.50. The topological polar surface area (TPSA) is 67.1 Å². The van der Waals surface area contributed by atoms with Crippen LogP contribution in [-0.2, 0) is 13.0 Å². The molecule has 1 saturated carbocycles. The molecule has 6 nitrogen and oxygen atoms in total. The molecule has 0 saturated heterocycles. The first kappa shape index (κ1) is 22.2. The van der Waals surface area contributed by atoms with Crippen LogP contribution < -0.4 is 10.6 Å². The zero-order valence-corrected chi connectivity index (χ0v) is 18.3. The van der Waals surface area contributed by atoms with E-state index in [2.05, 4.69) is 46.2 Å². The highest BCUT2D eigenvalue weighted by atomic mass is 127. The van der Waals surface area contributed by atoms with Crippen LogP contribution >= 0.6 is 24.0 Å². The van der Waals surface area contributed by atoms with Crippen molar-refractivity contribution >= 4 is 29.9 Å². The molecule has 0 amide bonds. The minimum absolute atomic E-state index is 0. The van der Waals surface area contributed by atoms with Crippen LogP contribution in [0.4, 0.5) is 0 Å². The summed E-state index contributed by atoms with van der Waals surface area (Å²) < 4.78 is 2.09. The molecule has 0 unspecified atom stereocenters.